The SMILES string of the molecule is CCCCC(CC(C)N)OC(N)=O. The number of amides is 1. The molecule has 0 bridgehead atoms. The Morgan fingerprint density at radius 2 is 2.15 bits per heavy atom. The Labute approximate surface area is 79.6 Å². The summed E-state index contributed by atoms with van der Waals surface area (Å²) in [6.07, 6.45) is 2.82. The molecule has 0 saturated heterocycles. The minimum Gasteiger partial charge on any atom is -0.446 e. The molecule has 0 radical (unpaired) electrons. The van der Waals surface area contributed by atoms with E-state index in [0.29, 0.717) is 6.42 Å². The minimum absolute atomic E-state index is 0.0428. The third-order valence-corrected chi connectivity index (χ3v) is 1.80. The second-order valence-corrected chi connectivity index (χ2v) is 3.41. The fourth-order valence-electron chi connectivity index (χ4n) is 1.24. The zero-order valence-corrected chi connectivity index (χ0v) is 8.45. The van der Waals surface area contributed by atoms with E-state index in [1.165, 1.54) is 0 Å². The van der Waals surface area contributed by atoms with Crippen molar-refractivity contribution in [3.63, 3.8) is 0 Å². The Kier molecular flexibility index (Phi) is 6.32. The van der Waals surface area contributed by atoms with Crippen molar-refractivity contribution in [3.05, 3.63) is 0 Å². The van der Waals surface area contributed by atoms with E-state index in [-0.39, 0.29) is 12.1 Å². The Hall–Kier alpha value is -0.770. The summed E-state index contributed by atoms with van der Waals surface area (Å²) in [4.78, 5) is 10.5. The first-order valence-corrected chi connectivity index (χ1v) is 4.78. The summed E-state index contributed by atoms with van der Waals surface area (Å²) in [6.45, 7) is 3.98. The van der Waals surface area contributed by atoms with Crippen LogP contribution in [0.25, 0.3) is 0 Å². The zero-order valence-electron chi connectivity index (χ0n) is 8.45. The molecule has 0 fully saturated rings. The zero-order chi connectivity index (χ0) is 10.3. The van der Waals surface area contributed by atoms with Gasteiger partial charge in [-0.15, -0.1) is 0 Å². The summed E-state index contributed by atoms with van der Waals surface area (Å²) in [5, 5.41) is 0. The maximum absolute atomic E-state index is 10.5. The first-order chi connectivity index (χ1) is 6.06. The topological polar surface area (TPSA) is 78.3 Å². The molecule has 0 heterocycles. The van der Waals surface area contributed by atoms with Crippen molar-refractivity contribution < 1.29 is 9.53 Å². The summed E-state index contributed by atoms with van der Waals surface area (Å²) >= 11 is 0. The van der Waals surface area contributed by atoms with Crippen LogP contribution in [0.1, 0.15) is 39.5 Å². The van der Waals surface area contributed by atoms with E-state index < -0.39 is 6.09 Å². The molecule has 0 saturated carbocycles. The van der Waals surface area contributed by atoms with Crippen LogP contribution in [0.5, 0.6) is 0 Å². The predicted molar refractivity (Wildman–Crippen MR) is 52.2 cm³/mol. The largest absolute Gasteiger partial charge is 0.446 e. The molecule has 0 aromatic rings. The first-order valence-electron chi connectivity index (χ1n) is 4.78. The number of carbonyl (C=O) groups excluding carboxylic acids is 1. The van der Waals surface area contributed by atoms with Crippen molar-refractivity contribution in [1.82, 2.24) is 0 Å². The van der Waals surface area contributed by atoms with Gasteiger partial charge in [0, 0.05) is 6.04 Å². The van der Waals surface area contributed by atoms with Crippen LogP contribution in [-0.2, 0) is 4.74 Å². The third-order valence-electron chi connectivity index (χ3n) is 1.80. The van der Waals surface area contributed by atoms with Gasteiger partial charge < -0.3 is 16.2 Å². The summed E-state index contributed by atoms with van der Waals surface area (Å²) in [5.41, 5.74) is 10.5. The van der Waals surface area contributed by atoms with E-state index in [1.54, 1.807) is 0 Å². The maximum Gasteiger partial charge on any atom is 0.404 e. The molecule has 4 N–H and O–H groups in total. The van der Waals surface area contributed by atoms with Crippen LogP contribution in [-0.4, -0.2) is 18.2 Å². The number of hydrogen-bond donors (Lipinski definition) is 2. The molecular formula is C9H20N2O2. The van der Waals surface area contributed by atoms with Crippen LogP contribution in [0, 0.1) is 0 Å². The first kappa shape index (κ1) is 12.2. The Morgan fingerprint density at radius 1 is 1.54 bits per heavy atom. The number of ether oxygens (including phenoxy) is 1. The van der Waals surface area contributed by atoms with Gasteiger partial charge in [0.2, 0.25) is 0 Å². The lowest BCUT2D eigenvalue weighted by Crippen LogP contribution is -2.29. The van der Waals surface area contributed by atoms with Crippen LogP contribution in [0.15, 0.2) is 0 Å². The number of primary amides is 1. The molecule has 2 atom stereocenters. The van der Waals surface area contributed by atoms with Crippen molar-refractivity contribution >= 4 is 6.09 Å². The molecule has 13 heavy (non-hydrogen) atoms. The summed E-state index contributed by atoms with van der Waals surface area (Å²) in [7, 11) is 0. The van der Waals surface area contributed by atoms with Crippen LogP contribution >= 0.6 is 0 Å². The van der Waals surface area contributed by atoms with Gasteiger partial charge in [-0.1, -0.05) is 19.8 Å². The van der Waals surface area contributed by atoms with Crippen LogP contribution in [0.2, 0.25) is 0 Å². The standard InChI is InChI=1S/C9H20N2O2/c1-3-4-5-8(6-7(2)10)13-9(11)12/h7-8H,3-6,10H2,1-2H3,(H2,11,12). The van der Waals surface area contributed by atoms with Crippen LogP contribution in [0.4, 0.5) is 4.79 Å². The number of hydrogen-bond acceptors (Lipinski definition) is 3. The number of unbranched alkanes of at least 4 members (excludes halogenated alkanes) is 1. The molecule has 0 spiro atoms. The van der Waals surface area contributed by atoms with E-state index in [2.05, 4.69) is 6.92 Å². The van der Waals surface area contributed by atoms with E-state index >= 15 is 0 Å². The van der Waals surface area contributed by atoms with E-state index in [1.807, 2.05) is 6.92 Å². The van der Waals surface area contributed by atoms with Crippen molar-refractivity contribution in [2.75, 3.05) is 0 Å². The van der Waals surface area contributed by atoms with Gasteiger partial charge in [-0.3, -0.25) is 0 Å². The molecule has 0 aromatic heterocycles. The van der Waals surface area contributed by atoms with Crippen LogP contribution in [0.3, 0.4) is 0 Å². The van der Waals surface area contributed by atoms with Crippen molar-refractivity contribution in [2.24, 2.45) is 11.5 Å². The fraction of sp³-hybridized carbons (Fsp3) is 0.889. The van der Waals surface area contributed by atoms with Gasteiger partial charge in [0.15, 0.2) is 0 Å². The maximum atomic E-state index is 10.5. The molecule has 4 heteroatoms. The average Bonchev–Trinajstić information content (AvgIpc) is 1.98. The second kappa shape index (κ2) is 6.71. The Bertz CT molecular complexity index is 149. The lowest BCUT2D eigenvalue weighted by molar-refractivity contribution is 0.0911. The molecule has 0 rings (SSSR count). The molecule has 0 aliphatic rings. The highest BCUT2D eigenvalue weighted by atomic mass is 16.6. The van der Waals surface area contributed by atoms with E-state index in [0.717, 1.165) is 19.3 Å². The summed E-state index contributed by atoms with van der Waals surface area (Å²) < 4.78 is 4.92. The quantitative estimate of drug-likeness (QED) is 0.661. The van der Waals surface area contributed by atoms with Crippen LogP contribution < -0.4 is 11.5 Å². The smallest absolute Gasteiger partial charge is 0.404 e. The molecule has 78 valence electrons. The summed E-state index contributed by atoms with van der Waals surface area (Å²) in [5.74, 6) is 0. The fourth-order valence-corrected chi connectivity index (χ4v) is 1.24. The summed E-state index contributed by atoms with van der Waals surface area (Å²) in [6, 6.07) is 0.0428. The highest BCUT2D eigenvalue weighted by Crippen LogP contribution is 2.10. The minimum atomic E-state index is -0.707. The molecule has 4 nitrogen and oxygen atoms in total. The average molecular weight is 188 g/mol. The van der Waals surface area contributed by atoms with Gasteiger partial charge in [0.05, 0.1) is 0 Å². The predicted octanol–water partition coefficient (Wildman–Crippen LogP) is 1.38. The van der Waals surface area contributed by atoms with Gasteiger partial charge in [-0.25, -0.2) is 4.79 Å². The molecule has 0 aromatic carbocycles. The monoisotopic (exact) mass is 188 g/mol. The molecule has 0 aliphatic heterocycles. The highest BCUT2D eigenvalue weighted by Gasteiger charge is 2.13. The normalized spacial score (nSPS) is 15.0. The molecule has 2 unspecified atom stereocenters. The van der Waals surface area contributed by atoms with Gasteiger partial charge >= 0.3 is 6.09 Å². The molecular weight excluding hydrogens is 168 g/mol. The lowest BCUT2D eigenvalue weighted by Gasteiger charge is -2.17. The molecule has 0 aliphatic carbocycles. The second-order valence-electron chi connectivity index (χ2n) is 3.41. The van der Waals surface area contributed by atoms with Gasteiger partial charge in [0.1, 0.15) is 6.10 Å². The highest BCUT2D eigenvalue weighted by molar-refractivity contribution is 5.64. The number of carbonyl (C=O) groups is 1. The van der Waals surface area contributed by atoms with Crippen molar-refractivity contribution in [2.45, 2.75) is 51.7 Å². The number of nitrogens with two attached hydrogens (primary N) is 2. The van der Waals surface area contributed by atoms with Gasteiger partial charge in [0.25, 0.3) is 0 Å². The van der Waals surface area contributed by atoms with E-state index in [4.69, 9.17) is 16.2 Å². The van der Waals surface area contributed by atoms with Gasteiger partial charge in [-0.2, -0.15) is 0 Å². The van der Waals surface area contributed by atoms with Crippen molar-refractivity contribution in [3.8, 4) is 0 Å². The molecule has 1 amide bonds. The van der Waals surface area contributed by atoms with Crippen molar-refractivity contribution in [1.29, 1.82) is 0 Å². The van der Waals surface area contributed by atoms with E-state index in [9.17, 15) is 4.79 Å². The lowest BCUT2D eigenvalue weighted by atomic mass is 10.1. The van der Waals surface area contributed by atoms with Gasteiger partial charge in [-0.05, 0) is 19.8 Å². The Morgan fingerprint density at radius 3 is 2.54 bits per heavy atom. The third kappa shape index (κ3) is 7.59. The Balaban J connectivity index is 3.80. The number of rotatable bonds is 6.